The van der Waals surface area contributed by atoms with E-state index >= 15 is 0 Å². The average Bonchev–Trinajstić information content (AvgIpc) is 2.50. The predicted molar refractivity (Wildman–Crippen MR) is 92.2 cm³/mol. The van der Waals surface area contributed by atoms with Crippen LogP contribution in [-0.4, -0.2) is 18.5 Å². The van der Waals surface area contributed by atoms with Crippen molar-refractivity contribution in [1.82, 2.24) is 10.6 Å². The van der Waals surface area contributed by atoms with Crippen molar-refractivity contribution in [1.29, 1.82) is 0 Å². The maximum Gasteiger partial charge on any atom is 0.223 e. The van der Waals surface area contributed by atoms with Gasteiger partial charge in [0.15, 0.2) is 0 Å². The highest BCUT2D eigenvalue weighted by molar-refractivity contribution is 5.85. The van der Waals surface area contributed by atoms with E-state index in [0.717, 1.165) is 32.2 Å². The molecule has 1 amide bonds. The van der Waals surface area contributed by atoms with Crippen LogP contribution in [0.15, 0.2) is 24.3 Å². The number of hydrogen-bond donors (Lipinski definition) is 2. The molecule has 4 atom stereocenters. The highest BCUT2D eigenvalue weighted by atomic mass is 35.5. The molecule has 1 heterocycles. The fourth-order valence-electron chi connectivity index (χ4n) is 3.78. The topological polar surface area (TPSA) is 41.1 Å². The van der Waals surface area contributed by atoms with Crippen molar-refractivity contribution in [2.75, 3.05) is 6.54 Å². The largest absolute Gasteiger partial charge is 0.349 e. The first kappa shape index (κ1) is 17.3. The van der Waals surface area contributed by atoms with Gasteiger partial charge in [-0.1, -0.05) is 31.2 Å². The molecular formula is C18H27ClN2O. The van der Waals surface area contributed by atoms with Gasteiger partial charge in [-0.2, -0.15) is 0 Å². The third-order valence-electron chi connectivity index (χ3n) is 5.12. The van der Waals surface area contributed by atoms with Gasteiger partial charge in [0.25, 0.3) is 0 Å². The lowest BCUT2D eigenvalue weighted by molar-refractivity contribution is -0.127. The van der Waals surface area contributed by atoms with Gasteiger partial charge >= 0.3 is 0 Å². The van der Waals surface area contributed by atoms with Gasteiger partial charge in [-0.05, 0) is 56.2 Å². The van der Waals surface area contributed by atoms with Crippen molar-refractivity contribution in [2.24, 2.45) is 11.8 Å². The first-order valence-corrected chi connectivity index (χ1v) is 8.26. The maximum absolute atomic E-state index is 12.6. The molecule has 0 bridgehead atoms. The number of piperidine rings is 1. The summed E-state index contributed by atoms with van der Waals surface area (Å²) in [6.45, 7) is 5.37. The molecule has 3 rings (SSSR count). The minimum Gasteiger partial charge on any atom is -0.349 e. The van der Waals surface area contributed by atoms with Crippen LogP contribution in [0.5, 0.6) is 0 Å². The molecule has 0 saturated carbocycles. The second-order valence-corrected chi connectivity index (χ2v) is 6.78. The molecule has 1 aromatic carbocycles. The highest BCUT2D eigenvalue weighted by Crippen LogP contribution is 2.34. The number of nitrogens with one attached hydrogen (secondary N) is 2. The van der Waals surface area contributed by atoms with Crippen LogP contribution >= 0.6 is 12.4 Å². The molecule has 3 nitrogen and oxygen atoms in total. The Balaban J connectivity index is 0.00000176. The Labute approximate surface area is 139 Å². The number of aryl methyl sites for hydroxylation is 1. The van der Waals surface area contributed by atoms with E-state index in [1.807, 2.05) is 0 Å². The van der Waals surface area contributed by atoms with E-state index in [0.29, 0.717) is 12.0 Å². The van der Waals surface area contributed by atoms with E-state index in [1.54, 1.807) is 0 Å². The molecule has 22 heavy (non-hydrogen) atoms. The zero-order valence-electron chi connectivity index (χ0n) is 13.5. The number of rotatable bonds is 2. The molecular weight excluding hydrogens is 296 g/mol. The molecule has 1 aromatic rings. The number of hydrogen-bond acceptors (Lipinski definition) is 2. The maximum atomic E-state index is 12.6. The number of amides is 1. The number of halogens is 1. The minimum atomic E-state index is 0. The molecule has 122 valence electrons. The first-order chi connectivity index (χ1) is 10.1. The van der Waals surface area contributed by atoms with Gasteiger partial charge in [0.05, 0.1) is 6.04 Å². The lowest BCUT2D eigenvalue weighted by Crippen LogP contribution is -2.44. The first-order valence-electron chi connectivity index (χ1n) is 8.26. The third kappa shape index (κ3) is 3.64. The van der Waals surface area contributed by atoms with Crippen LogP contribution in [0.4, 0.5) is 0 Å². The Morgan fingerprint density at radius 2 is 2.00 bits per heavy atom. The second kappa shape index (κ2) is 7.47. The summed E-state index contributed by atoms with van der Waals surface area (Å²) in [4.78, 5) is 12.6. The summed E-state index contributed by atoms with van der Waals surface area (Å²) in [6, 6.07) is 9.21. The van der Waals surface area contributed by atoms with Crippen molar-refractivity contribution < 1.29 is 4.79 Å². The molecule has 2 N–H and O–H groups in total. The molecule has 4 heteroatoms. The summed E-state index contributed by atoms with van der Waals surface area (Å²) in [5.41, 5.74) is 2.73. The van der Waals surface area contributed by atoms with Gasteiger partial charge < -0.3 is 10.6 Å². The summed E-state index contributed by atoms with van der Waals surface area (Å²) in [5, 5.41) is 6.76. The van der Waals surface area contributed by atoms with Gasteiger partial charge in [-0.3, -0.25) is 4.79 Å². The van der Waals surface area contributed by atoms with Crippen molar-refractivity contribution in [2.45, 2.75) is 51.6 Å². The van der Waals surface area contributed by atoms with Crippen LogP contribution in [-0.2, 0) is 11.2 Å². The standard InChI is InChI=1S/C18H26N2O.ClH/c1-12-7-8-14-5-3-4-6-16(14)17(12)20-18(21)15-9-10-19-13(2)11-15;/h3-6,12-13,15,17,19H,7-11H2,1-2H3,(H,20,21);1H/t12?,13-,15-,17?;/m0./s1. The Morgan fingerprint density at radius 1 is 1.23 bits per heavy atom. The van der Waals surface area contributed by atoms with E-state index in [4.69, 9.17) is 0 Å². The van der Waals surface area contributed by atoms with Crippen LogP contribution in [0.2, 0.25) is 0 Å². The number of carbonyl (C=O) groups excluding carboxylic acids is 1. The minimum absolute atomic E-state index is 0. The lowest BCUT2D eigenvalue weighted by atomic mass is 9.80. The van der Waals surface area contributed by atoms with Crippen LogP contribution in [0.3, 0.4) is 0 Å². The molecule has 1 aliphatic carbocycles. The fraction of sp³-hybridized carbons (Fsp3) is 0.611. The molecule has 2 unspecified atom stereocenters. The van der Waals surface area contributed by atoms with Gasteiger partial charge in [0, 0.05) is 12.0 Å². The number of carbonyl (C=O) groups is 1. The van der Waals surface area contributed by atoms with Crippen LogP contribution in [0.1, 0.15) is 50.3 Å². The normalized spacial score (nSPS) is 30.8. The van der Waals surface area contributed by atoms with Crippen LogP contribution in [0.25, 0.3) is 0 Å². The van der Waals surface area contributed by atoms with Gasteiger partial charge in [-0.15, -0.1) is 12.4 Å². The van der Waals surface area contributed by atoms with E-state index in [2.05, 4.69) is 48.7 Å². The van der Waals surface area contributed by atoms with E-state index < -0.39 is 0 Å². The average molecular weight is 323 g/mol. The molecule has 0 aromatic heterocycles. The van der Waals surface area contributed by atoms with Crippen LogP contribution in [0, 0.1) is 11.8 Å². The van der Waals surface area contributed by atoms with E-state index in [-0.39, 0.29) is 30.3 Å². The van der Waals surface area contributed by atoms with Gasteiger partial charge in [-0.25, -0.2) is 0 Å². The Bertz CT molecular complexity index is 520. The summed E-state index contributed by atoms with van der Waals surface area (Å²) in [6.07, 6.45) is 4.20. The van der Waals surface area contributed by atoms with Crippen LogP contribution < -0.4 is 10.6 Å². The SMILES string of the molecule is CC1CCc2ccccc2C1NC(=O)[C@H]1CCN[C@@H](C)C1.Cl. The zero-order chi connectivity index (χ0) is 14.8. The fourth-order valence-corrected chi connectivity index (χ4v) is 3.78. The Hall–Kier alpha value is -1.06. The van der Waals surface area contributed by atoms with Gasteiger partial charge in [0.2, 0.25) is 5.91 Å². The smallest absolute Gasteiger partial charge is 0.223 e. The van der Waals surface area contributed by atoms with Gasteiger partial charge in [0.1, 0.15) is 0 Å². The summed E-state index contributed by atoms with van der Waals surface area (Å²) >= 11 is 0. The third-order valence-corrected chi connectivity index (χ3v) is 5.12. The summed E-state index contributed by atoms with van der Waals surface area (Å²) in [5.74, 6) is 0.933. The van der Waals surface area contributed by atoms with E-state index in [9.17, 15) is 4.79 Å². The second-order valence-electron chi connectivity index (χ2n) is 6.78. The molecule has 1 saturated heterocycles. The summed E-state index contributed by atoms with van der Waals surface area (Å²) < 4.78 is 0. The number of fused-ring (bicyclic) bond motifs is 1. The quantitative estimate of drug-likeness (QED) is 0.877. The number of benzene rings is 1. The molecule has 1 fully saturated rings. The van der Waals surface area contributed by atoms with E-state index in [1.165, 1.54) is 11.1 Å². The Morgan fingerprint density at radius 3 is 2.77 bits per heavy atom. The predicted octanol–water partition coefficient (Wildman–Crippen LogP) is 3.24. The molecule has 1 aliphatic heterocycles. The van der Waals surface area contributed by atoms with Crippen molar-refractivity contribution in [3.63, 3.8) is 0 Å². The monoisotopic (exact) mass is 322 g/mol. The van der Waals surface area contributed by atoms with Crippen molar-refractivity contribution in [3.8, 4) is 0 Å². The molecule has 0 radical (unpaired) electrons. The summed E-state index contributed by atoms with van der Waals surface area (Å²) in [7, 11) is 0. The molecule has 2 aliphatic rings. The Kier molecular flexibility index (Phi) is 5.87. The zero-order valence-corrected chi connectivity index (χ0v) is 14.3. The molecule has 0 spiro atoms. The van der Waals surface area contributed by atoms with Crippen molar-refractivity contribution >= 4 is 18.3 Å². The highest BCUT2D eigenvalue weighted by Gasteiger charge is 2.31. The van der Waals surface area contributed by atoms with Crippen molar-refractivity contribution in [3.05, 3.63) is 35.4 Å². The lowest BCUT2D eigenvalue weighted by Gasteiger charge is -2.34.